The number of aromatic nitrogens is 6. The first-order valence-electron chi connectivity index (χ1n) is 17.0. The number of carbonyl (C=O) groups is 1. The molecular weight excluding hydrogens is 667 g/mol. The quantitative estimate of drug-likeness (QED) is 0.166. The fraction of sp³-hybridized carbons (Fsp3) is 0.543. The Kier molecular flexibility index (Phi) is 11.6. The number of H-pyrrole nitrogens is 1. The van der Waals surface area contributed by atoms with Crippen molar-refractivity contribution in [2.45, 2.75) is 53.3 Å². The standard InChI is InChI=1S/C35H46F3N9O4/c1-8-50-29-15-23(14-27(42-29)35(36,37)38)24-16-26(45(6)20-34(4,5)21-49-7)31-33(41-24)44-32(43-31)25-17-40-28(18-39-25)47-13-12-46(22(3)19-47)11-10-30(48)51-9-2/h14-18,22H,8-13,19-21H2,1-7H3,(H,41,43,44)/t22-/m1/s1. The highest BCUT2D eigenvalue weighted by Gasteiger charge is 2.34. The minimum Gasteiger partial charge on any atom is -0.478 e. The average Bonchev–Trinajstić information content (AvgIpc) is 3.51. The Morgan fingerprint density at radius 1 is 1.04 bits per heavy atom. The molecule has 1 aliphatic heterocycles. The van der Waals surface area contributed by atoms with Crippen LogP contribution in [0.2, 0.25) is 0 Å². The van der Waals surface area contributed by atoms with Crippen LogP contribution in [0, 0.1) is 5.41 Å². The minimum atomic E-state index is -4.68. The fourth-order valence-corrected chi connectivity index (χ4v) is 6.34. The van der Waals surface area contributed by atoms with Gasteiger partial charge in [-0.2, -0.15) is 13.2 Å². The summed E-state index contributed by atoms with van der Waals surface area (Å²) in [6.07, 6.45) is -0.985. The van der Waals surface area contributed by atoms with Gasteiger partial charge in [-0.15, -0.1) is 0 Å². The number of piperazine rings is 1. The molecule has 0 saturated carbocycles. The third-order valence-corrected chi connectivity index (χ3v) is 8.61. The van der Waals surface area contributed by atoms with E-state index in [4.69, 9.17) is 29.2 Å². The molecule has 0 unspecified atom stereocenters. The van der Waals surface area contributed by atoms with E-state index in [2.05, 4.69) is 45.5 Å². The van der Waals surface area contributed by atoms with E-state index in [9.17, 15) is 18.0 Å². The summed E-state index contributed by atoms with van der Waals surface area (Å²) in [4.78, 5) is 44.1. The van der Waals surface area contributed by atoms with Crippen molar-refractivity contribution in [2.24, 2.45) is 5.41 Å². The Bertz CT molecular complexity index is 1800. The second-order valence-electron chi connectivity index (χ2n) is 13.4. The fourth-order valence-electron chi connectivity index (χ4n) is 6.34. The molecule has 5 heterocycles. The van der Waals surface area contributed by atoms with Crippen molar-refractivity contribution >= 4 is 28.6 Å². The maximum absolute atomic E-state index is 13.9. The summed E-state index contributed by atoms with van der Waals surface area (Å²) in [6, 6.07) is 4.35. The number of carbonyl (C=O) groups excluding carboxylic acids is 1. The van der Waals surface area contributed by atoms with Crippen molar-refractivity contribution in [1.82, 2.24) is 34.8 Å². The highest BCUT2D eigenvalue weighted by molar-refractivity contribution is 5.91. The Hall–Kier alpha value is -4.57. The van der Waals surface area contributed by atoms with Crippen molar-refractivity contribution in [2.75, 3.05) is 76.5 Å². The lowest BCUT2D eigenvalue weighted by Gasteiger charge is -2.40. The second kappa shape index (κ2) is 15.8. The summed E-state index contributed by atoms with van der Waals surface area (Å²) in [6.45, 7) is 14.2. The number of anilines is 2. The number of pyridine rings is 2. The second-order valence-corrected chi connectivity index (χ2v) is 13.4. The van der Waals surface area contributed by atoms with E-state index in [1.807, 2.05) is 11.9 Å². The smallest absolute Gasteiger partial charge is 0.433 e. The number of esters is 1. The first kappa shape index (κ1) is 37.7. The van der Waals surface area contributed by atoms with Crippen molar-refractivity contribution in [3.8, 4) is 28.7 Å². The lowest BCUT2D eigenvalue weighted by atomic mass is 9.94. The van der Waals surface area contributed by atoms with E-state index in [0.717, 1.165) is 31.5 Å². The number of alkyl halides is 3. The van der Waals surface area contributed by atoms with E-state index in [0.29, 0.717) is 61.1 Å². The Balaban J connectivity index is 1.46. The summed E-state index contributed by atoms with van der Waals surface area (Å²) in [7, 11) is 3.55. The molecule has 4 aromatic heterocycles. The molecule has 1 N–H and O–H groups in total. The van der Waals surface area contributed by atoms with Crippen LogP contribution in [0.1, 0.15) is 46.7 Å². The van der Waals surface area contributed by atoms with E-state index in [1.54, 1.807) is 39.4 Å². The van der Waals surface area contributed by atoms with Crippen LogP contribution in [-0.4, -0.2) is 114 Å². The number of ether oxygens (including phenoxy) is 3. The van der Waals surface area contributed by atoms with E-state index < -0.39 is 11.9 Å². The zero-order chi connectivity index (χ0) is 36.9. The Morgan fingerprint density at radius 3 is 2.47 bits per heavy atom. The zero-order valence-electron chi connectivity index (χ0n) is 30.2. The highest BCUT2D eigenvalue weighted by Crippen LogP contribution is 2.36. The molecule has 276 valence electrons. The topological polar surface area (TPSA) is 135 Å². The van der Waals surface area contributed by atoms with Gasteiger partial charge in [0.15, 0.2) is 11.5 Å². The number of fused-ring (bicyclic) bond motifs is 1. The number of hydrogen-bond acceptors (Lipinski definition) is 12. The molecule has 0 amide bonds. The minimum absolute atomic E-state index is 0.147. The summed E-state index contributed by atoms with van der Waals surface area (Å²) < 4.78 is 57.5. The van der Waals surface area contributed by atoms with Gasteiger partial charge in [0.1, 0.15) is 22.7 Å². The molecule has 0 radical (unpaired) electrons. The molecular formula is C35H46F3N9O4. The molecule has 0 aromatic carbocycles. The molecule has 5 rings (SSSR count). The number of nitrogens with one attached hydrogen (secondary N) is 1. The third kappa shape index (κ3) is 9.22. The first-order valence-corrected chi connectivity index (χ1v) is 17.0. The van der Waals surface area contributed by atoms with Crippen LogP contribution in [0.5, 0.6) is 5.88 Å². The number of halogens is 3. The van der Waals surface area contributed by atoms with Crippen molar-refractivity contribution < 1.29 is 32.2 Å². The number of rotatable bonds is 14. The third-order valence-electron chi connectivity index (χ3n) is 8.61. The largest absolute Gasteiger partial charge is 0.478 e. The number of methoxy groups -OCH3 is 1. The van der Waals surface area contributed by atoms with Gasteiger partial charge >= 0.3 is 12.1 Å². The van der Waals surface area contributed by atoms with Crippen LogP contribution in [0.25, 0.3) is 33.9 Å². The van der Waals surface area contributed by atoms with Gasteiger partial charge in [-0.25, -0.2) is 24.9 Å². The van der Waals surface area contributed by atoms with Crippen LogP contribution in [-0.2, 0) is 20.4 Å². The maximum Gasteiger partial charge on any atom is 0.433 e. The molecule has 1 atom stereocenters. The summed E-state index contributed by atoms with van der Waals surface area (Å²) in [5, 5.41) is 0. The summed E-state index contributed by atoms with van der Waals surface area (Å²) >= 11 is 0. The monoisotopic (exact) mass is 713 g/mol. The number of hydrogen-bond donors (Lipinski definition) is 1. The van der Waals surface area contributed by atoms with Crippen LogP contribution in [0.15, 0.2) is 30.6 Å². The molecule has 51 heavy (non-hydrogen) atoms. The molecule has 0 bridgehead atoms. The molecule has 1 fully saturated rings. The lowest BCUT2D eigenvalue weighted by molar-refractivity contribution is -0.143. The molecule has 13 nitrogen and oxygen atoms in total. The van der Waals surface area contributed by atoms with Crippen molar-refractivity contribution in [3.63, 3.8) is 0 Å². The number of aromatic amines is 1. The summed E-state index contributed by atoms with van der Waals surface area (Å²) in [5.41, 5.74) is 1.20. The van der Waals surface area contributed by atoms with Gasteiger partial charge in [0.05, 0.1) is 50.0 Å². The zero-order valence-corrected chi connectivity index (χ0v) is 30.2. The normalized spacial score (nSPS) is 15.7. The average molecular weight is 714 g/mol. The van der Waals surface area contributed by atoms with E-state index in [-0.39, 0.29) is 41.2 Å². The Morgan fingerprint density at radius 2 is 1.82 bits per heavy atom. The van der Waals surface area contributed by atoms with Gasteiger partial charge in [0.2, 0.25) is 5.88 Å². The van der Waals surface area contributed by atoms with Crippen LogP contribution >= 0.6 is 0 Å². The molecule has 1 aliphatic rings. The van der Waals surface area contributed by atoms with Gasteiger partial charge in [-0.3, -0.25) is 9.69 Å². The van der Waals surface area contributed by atoms with Gasteiger partial charge in [0.25, 0.3) is 0 Å². The lowest BCUT2D eigenvalue weighted by Crippen LogP contribution is -2.52. The SMILES string of the molecule is CCOC(=O)CCN1CCN(c2cnc(-c3nc4nc(-c5cc(OCC)nc(C(F)(F)F)c5)cc(N(C)CC(C)(C)COC)c4[nH]3)cn2)C[C@H]1C. The van der Waals surface area contributed by atoms with Crippen LogP contribution in [0.4, 0.5) is 24.7 Å². The van der Waals surface area contributed by atoms with E-state index in [1.165, 1.54) is 6.07 Å². The maximum atomic E-state index is 13.9. The van der Waals surface area contributed by atoms with Crippen LogP contribution < -0.4 is 14.5 Å². The van der Waals surface area contributed by atoms with Gasteiger partial charge in [-0.1, -0.05) is 13.8 Å². The van der Waals surface area contributed by atoms with Crippen molar-refractivity contribution in [1.29, 1.82) is 0 Å². The molecule has 1 saturated heterocycles. The number of nitrogens with zero attached hydrogens (tertiary/aromatic N) is 8. The van der Waals surface area contributed by atoms with Gasteiger partial charge in [0, 0.05) is 70.0 Å². The predicted molar refractivity (Wildman–Crippen MR) is 188 cm³/mol. The molecule has 0 spiro atoms. The van der Waals surface area contributed by atoms with E-state index >= 15 is 0 Å². The van der Waals surface area contributed by atoms with Gasteiger partial charge in [-0.05, 0) is 32.9 Å². The summed E-state index contributed by atoms with van der Waals surface area (Å²) in [5.74, 6) is 0.794. The highest BCUT2D eigenvalue weighted by atomic mass is 19.4. The first-order chi connectivity index (χ1) is 24.2. The van der Waals surface area contributed by atoms with Crippen molar-refractivity contribution in [3.05, 3.63) is 36.3 Å². The molecule has 4 aromatic rings. The predicted octanol–water partition coefficient (Wildman–Crippen LogP) is 5.47. The molecule has 0 aliphatic carbocycles. The molecule has 16 heteroatoms. The Labute approximate surface area is 295 Å². The van der Waals surface area contributed by atoms with Gasteiger partial charge < -0.3 is 29.0 Å². The van der Waals surface area contributed by atoms with Crippen LogP contribution in [0.3, 0.4) is 0 Å². The number of imidazole rings is 1.